The maximum atomic E-state index is 12.3. The van der Waals surface area contributed by atoms with E-state index >= 15 is 0 Å². The van der Waals surface area contributed by atoms with Crippen LogP contribution in [0.1, 0.15) is 35.9 Å². The first-order valence-electron chi connectivity index (χ1n) is 6.43. The molecule has 1 aromatic carbocycles. The van der Waals surface area contributed by atoms with E-state index in [2.05, 4.69) is 21.2 Å². The van der Waals surface area contributed by atoms with Gasteiger partial charge in [-0.25, -0.2) is 0 Å². The summed E-state index contributed by atoms with van der Waals surface area (Å²) < 4.78 is 2.82. The molecule has 106 valence electrons. The molecule has 0 aliphatic carbocycles. The molecule has 1 heterocycles. The molecule has 20 heavy (non-hydrogen) atoms. The summed E-state index contributed by atoms with van der Waals surface area (Å²) in [6.07, 6.45) is 1.90. The molecule has 0 radical (unpaired) electrons. The SMILES string of the molecule is CCn1cc(Br)cc1C(=O)NC(C)c1ccc(Cl)cc1. The molecule has 1 aromatic heterocycles. The number of amides is 1. The van der Waals surface area contributed by atoms with Crippen LogP contribution in [0, 0.1) is 0 Å². The average molecular weight is 356 g/mol. The number of hydrogen-bond donors (Lipinski definition) is 1. The van der Waals surface area contributed by atoms with E-state index in [0.29, 0.717) is 10.7 Å². The number of nitrogens with one attached hydrogen (secondary N) is 1. The summed E-state index contributed by atoms with van der Waals surface area (Å²) in [6, 6.07) is 9.24. The van der Waals surface area contributed by atoms with Gasteiger partial charge in [-0.05, 0) is 53.5 Å². The minimum Gasteiger partial charge on any atom is -0.344 e. The Morgan fingerprint density at radius 2 is 2.05 bits per heavy atom. The highest BCUT2D eigenvalue weighted by Crippen LogP contribution is 2.18. The van der Waals surface area contributed by atoms with E-state index in [1.54, 1.807) is 0 Å². The molecule has 0 bridgehead atoms. The van der Waals surface area contributed by atoms with Gasteiger partial charge < -0.3 is 9.88 Å². The van der Waals surface area contributed by atoms with E-state index in [1.165, 1.54) is 0 Å². The Morgan fingerprint density at radius 3 is 2.65 bits per heavy atom. The van der Waals surface area contributed by atoms with Gasteiger partial charge in [-0.2, -0.15) is 0 Å². The Hall–Kier alpha value is -1.26. The molecular weight excluding hydrogens is 340 g/mol. The number of benzene rings is 1. The summed E-state index contributed by atoms with van der Waals surface area (Å²) >= 11 is 9.26. The highest BCUT2D eigenvalue weighted by molar-refractivity contribution is 9.10. The molecule has 5 heteroatoms. The number of aromatic nitrogens is 1. The molecule has 0 saturated heterocycles. The molecule has 1 N–H and O–H groups in total. The van der Waals surface area contributed by atoms with Crippen molar-refractivity contribution in [3.8, 4) is 0 Å². The molecule has 1 unspecified atom stereocenters. The normalized spacial score (nSPS) is 12.2. The van der Waals surface area contributed by atoms with Crippen molar-refractivity contribution in [1.82, 2.24) is 9.88 Å². The maximum absolute atomic E-state index is 12.3. The van der Waals surface area contributed by atoms with Gasteiger partial charge in [0.1, 0.15) is 5.69 Å². The smallest absolute Gasteiger partial charge is 0.268 e. The van der Waals surface area contributed by atoms with Gasteiger partial charge in [0.2, 0.25) is 0 Å². The van der Waals surface area contributed by atoms with Crippen LogP contribution in [0.5, 0.6) is 0 Å². The fraction of sp³-hybridized carbons (Fsp3) is 0.267. The quantitative estimate of drug-likeness (QED) is 0.865. The van der Waals surface area contributed by atoms with Crippen LogP contribution in [0.4, 0.5) is 0 Å². The first kappa shape index (κ1) is 15.1. The van der Waals surface area contributed by atoms with Gasteiger partial charge in [0.15, 0.2) is 0 Å². The topological polar surface area (TPSA) is 34.0 Å². The second kappa shape index (κ2) is 6.46. The van der Waals surface area contributed by atoms with E-state index in [0.717, 1.165) is 16.6 Å². The highest BCUT2D eigenvalue weighted by Gasteiger charge is 2.15. The van der Waals surface area contributed by atoms with E-state index in [4.69, 9.17) is 11.6 Å². The summed E-state index contributed by atoms with van der Waals surface area (Å²) in [6.45, 7) is 4.71. The lowest BCUT2D eigenvalue weighted by molar-refractivity contribution is 0.0930. The lowest BCUT2D eigenvalue weighted by Gasteiger charge is -2.15. The van der Waals surface area contributed by atoms with Crippen LogP contribution in [0.15, 0.2) is 41.0 Å². The van der Waals surface area contributed by atoms with Crippen LogP contribution in [0.2, 0.25) is 5.02 Å². The zero-order chi connectivity index (χ0) is 14.7. The molecule has 0 spiro atoms. The number of carbonyl (C=O) groups is 1. The second-order valence-corrected chi connectivity index (χ2v) is 5.93. The lowest BCUT2D eigenvalue weighted by Crippen LogP contribution is -2.28. The Labute approximate surface area is 132 Å². The van der Waals surface area contributed by atoms with Gasteiger partial charge in [-0.15, -0.1) is 0 Å². The Bertz CT molecular complexity index is 607. The molecule has 2 aromatic rings. The maximum Gasteiger partial charge on any atom is 0.268 e. The fourth-order valence-corrected chi connectivity index (χ4v) is 2.62. The Balaban J connectivity index is 2.12. The standard InChI is InChI=1S/C15H16BrClN2O/c1-3-19-9-12(16)8-14(19)15(20)18-10(2)11-4-6-13(17)7-5-11/h4-10H,3H2,1-2H3,(H,18,20). The summed E-state index contributed by atoms with van der Waals surface area (Å²) in [5.74, 6) is -0.0833. The summed E-state index contributed by atoms with van der Waals surface area (Å²) in [5.41, 5.74) is 1.68. The van der Waals surface area contributed by atoms with Gasteiger partial charge in [0.25, 0.3) is 5.91 Å². The van der Waals surface area contributed by atoms with Crippen LogP contribution in [0.25, 0.3) is 0 Å². The molecule has 0 aliphatic rings. The number of halogens is 2. The molecule has 0 fully saturated rings. The zero-order valence-electron chi connectivity index (χ0n) is 11.4. The van der Waals surface area contributed by atoms with Crippen LogP contribution in [0.3, 0.4) is 0 Å². The summed E-state index contributed by atoms with van der Waals surface area (Å²) in [7, 11) is 0. The Morgan fingerprint density at radius 1 is 1.40 bits per heavy atom. The number of nitrogens with zero attached hydrogens (tertiary/aromatic N) is 1. The van der Waals surface area contributed by atoms with Crippen molar-refractivity contribution in [1.29, 1.82) is 0 Å². The summed E-state index contributed by atoms with van der Waals surface area (Å²) in [5, 5.41) is 3.69. The molecule has 0 saturated carbocycles. The van der Waals surface area contributed by atoms with Crippen LogP contribution >= 0.6 is 27.5 Å². The van der Waals surface area contributed by atoms with Gasteiger partial charge in [0.05, 0.1) is 6.04 Å². The molecule has 1 atom stereocenters. The number of rotatable bonds is 4. The monoisotopic (exact) mass is 354 g/mol. The highest BCUT2D eigenvalue weighted by atomic mass is 79.9. The van der Waals surface area contributed by atoms with Crippen molar-refractivity contribution >= 4 is 33.4 Å². The first-order valence-corrected chi connectivity index (χ1v) is 7.60. The van der Waals surface area contributed by atoms with Crippen molar-refractivity contribution in [3.05, 3.63) is 57.3 Å². The third kappa shape index (κ3) is 3.44. The van der Waals surface area contributed by atoms with Crippen LogP contribution < -0.4 is 5.32 Å². The largest absolute Gasteiger partial charge is 0.344 e. The minimum absolute atomic E-state index is 0.0706. The lowest BCUT2D eigenvalue weighted by atomic mass is 10.1. The van der Waals surface area contributed by atoms with Gasteiger partial charge in [-0.1, -0.05) is 23.7 Å². The van der Waals surface area contributed by atoms with E-state index in [-0.39, 0.29) is 11.9 Å². The number of hydrogen-bond acceptors (Lipinski definition) is 1. The van der Waals surface area contributed by atoms with Crippen molar-refractivity contribution in [2.75, 3.05) is 0 Å². The predicted octanol–water partition coefficient (Wildman–Crippen LogP) is 4.41. The van der Waals surface area contributed by atoms with Gasteiger partial charge in [0, 0.05) is 22.2 Å². The minimum atomic E-state index is -0.0833. The molecular formula is C15H16BrClN2O. The zero-order valence-corrected chi connectivity index (χ0v) is 13.7. The molecule has 2 rings (SSSR count). The summed E-state index contributed by atoms with van der Waals surface area (Å²) in [4.78, 5) is 12.3. The van der Waals surface area contributed by atoms with E-state index in [1.807, 2.05) is 54.9 Å². The Kier molecular flexibility index (Phi) is 4.89. The molecule has 0 aliphatic heterocycles. The van der Waals surface area contributed by atoms with Crippen molar-refractivity contribution in [2.45, 2.75) is 26.4 Å². The molecule has 3 nitrogen and oxygen atoms in total. The van der Waals surface area contributed by atoms with E-state index in [9.17, 15) is 4.79 Å². The first-order chi connectivity index (χ1) is 9.51. The van der Waals surface area contributed by atoms with Crippen molar-refractivity contribution in [3.63, 3.8) is 0 Å². The second-order valence-electron chi connectivity index (χ2n) is 4.58. The van der Waals surface area contributed by atoms with Gasteiger partial charge >= 0.3 is 0 Å². The third-order valence-electron chi connectivity index (χ3n) is 3.15. The fourth-order valence-electron chi connectivity index (χ4n) is 2.03. The number of aryl methyl sites for hydroxylation is 1. The van der Waals surface area contributed by atoms with Crippen LogP contribution in [-0.4, -0.2) is 10.5 Å². The van der Waals surface area contributed by atoms with Crippen molar-refractivity contribution in [2.24, 2.45) is 0 Å². The predicted molar refractivity (Wildman–Crippen MR) is 85.1 cm³/mol. The van der Waals surface area contributed by atoms with E-state index < -0.39 is 0 Å². The average Bonchev–Trinajstić information content (AvgIpc) is 2.80. The van der Waals surface area contributed by atoms with Crippen molar-refractivity contribution < 1.29 is 4.79 Å². The molecule has 1 amide bonds. The number of carbonyl (C=O) groups excluding carboxylic acids is 1. The third-order valence-corrected chi connectivity index (χ3v) is 3.84. The van der Waals surface area contributed by atoms with Crippen LogP contribution in [-0.2, 0) is 6.54 Å². The van der Waals surface area contributed by atoms with Gasteiger partial charge in [-0.3, -0.25) is 4.79 Å².